The summed E-state index contributed by atoms with van der Waals surface area (Å²) in [6.45, 7) is 1.82. The van der Waals surface area contributed by atoms with Crippen molar-refractivity contribution in [3.05, 3.63) is 0 Å². The Balaban J connectivity index is 2.33. The Morgan fingerprint density at radius 1 is 1.83 bits per heavy atom. The number of hydrogen-bond acceptors (Lipinski definition) is 2. The molecule has 0 aliphatic carbocycles. The number of rotatable bonds is 2. The molecule has 3 heteroatoms. The molecule has 1 rings (SSSR count). The fourth-order valence-corrected chi connectivity index (χ4v) is 2.33. The van der Waals surface area contributed by atoms with Crippen molar-refractivity contribution < 1.29 is 4.79 Å². The van der Waals surface area contributed by atoms with Crippen LogP contribution in [0.5, 0.6) is 0 Å². The van der Waals surface area contributed by atoms with E-state index in [2.05, 4.69) is 11.2 Å². The Morgan fingerprint density at radius 3 is 3.08 bits per heavy atom. The lowest BCUT2D eigenvalue weighted by molar-refractivity contribution is -0.124. The first-order valence-corrected chi connectivity index (χ1v) is 5.23. The van der Waals surface area contributed by atoms with Crippen LogP contribution in [-0.2, 0) is 4.79 Å². The van der Waals surface area contributed by atoms with Crippen LogP contribution in [0.25, 0.3) is 0 Å². The molecule has 1 heterocycles. The minimum absolute atomic E-state index is 0.116. The topological polar surface area (TPSA) is 29.1 Å². The summed E-state index contributed by atoms with van der Waals surface area (Å²) in [4.78, 5) is 11.4. The highest BCUT2D eigenvalue weighted by Gasteiger charge is 2.23. The Hall–Kier alpha value is -0.620. The highest BCUT2D eigenvalue weighted by molar-refractivity contribution is 7.99. The second kappa shape index (κ2) is 4.42. The van der Waals surface area contributed by atoms with Gasteiger partial charge in [-0.25, -0.2) is 0 Å². The minimum atomic E-state index is -0.136. The first kappa shape index (κ1) is 9.47. The SMILES string of the molecule is C#CC(C)NC(=O)C1CCSC1. The fraction of sp³-hybridized carbons (Fsp3) is 0.667. The van der Waals surface area contributed by atoms with Crippen molar-refractivity contribution in [2.75, 3.05) is 11.5 Å². The molecule has 1 amide bonds. The molecule has 1 fully saturated rings. The van der Waals surface area contributed by atoms with E-state index in [-0.39, 0.29) is 17.9 Å². The van der Waals surface area contributed by atoms with Crippen molar-refractivity contribution in [2.24, 2.45) is 5.92 Å². The van der Waals surface area contributed by atoms with Gasteiger partial charge in [-0.1, -0.05) is 5.92 Å². The zero-order chi connectivity index (χ0) is 8.97. The van der Waals surface area contributed by atoms with E-state index < -0.39 is 0 Å². The molecule has 1 N–H and O–H groups in total. The molecule has 2 nitrogen and oxygen atoms in total. The molecular weight excluding hydrogens is 170 g/mol. The maximum Gasteiger partial charge on any atom is 0.224 e. The standard InChI is InChI=1S/C9H13NOS/c1-3-7(2)10-9(11)8-4-5-12-6-8/h1,7-8H,4-6H2,2H3,(H,10,11). The summed E-state index contributed by atoms with van der Waals surface area (Å²) < 4.78 is 0. The van der Waals surface area contributed by atoms with Crippen LogP contribution in [0.4, 0.5) is 0 Å². The predicted octanol–water partition coefficient (Wildman–Crippen LogP) is 0.877. The molecule has 12 heavy (non-hydrogen) atoms. The summed E-state index contributed by atoms with van der Waals surface area (Å²) in [6, 6.07) is -0.136. The first-order valence-electron chi connectivity index (χ1n) is 4.08. The number of carbonyl (C=O) groups excluding carboxylic acids is 1. The number of amides is 1. The lowest BCUT2D eigenvalue weighted by atomic mass is 10.1. The summed E-state index contributed by atoms with van der Waals surface area (Å²) >= 11 is 1.83. The molecule has 0 aromatic rings. The van der Waals surface area contributed by atoms with Crippen LogP contribution in [0.3, 0.4) is 0 Å². The largest absolute Gasteiger partial charge is 0.342 e. The van der Waals surface area contributed by atoms with E-state index in [4.69, 9.17) is 6.42 Å². The lowest BCUT2D eigenvalue weighted by Gasteiger charge is -2.11. The smallest absolute Gasteiger partial charge is 0.224 e. The molecule has 66 valence electrons. The fourth-order valence-electron chi connectivity index (χ4n) is 1.11. The third-order valence-corrected chi connectivity index (χ3v) is 3.07. The quantitative estimate of drug-likeness (QED) is 0.644. The van der Waals surface area contributed by atoms with Crippen molar-refractivity contribution >= 4 is 17.7 Å². The van der Waals surface area contributed by atoms with Crippen molar-refractivity contribution in [2.45, 2.75) is 19.4 Å². The maximum absolute atomic E-state index is 11.4. The summed E-state index contributed by atoms with van der Waals surface area (Å²) in [7, 11) is 0. The average Bonchev–Trinajstić information content (AvgIpc) is 2.56. The number of carbonyl (C=O) groups is 1. The van der Waals surface area contributed by atoms with Crippen LogP contribution in [-0.4, -0.2) is 23.5 Å². The van der Waals surface area contributed by atoms with Crippen LogP contribution in [0, 0.1) is 18.3 Å². The third kappa shape index (κ3) is 2.46. The minimum Gasteiger partial charge on any atom is -0.342 e. The normalized spacial score (nSPS) is 24.5. The Bertz CT molecular complexity index is 203. The number of terminal acetylenes is 1. The van der Waals surface area contributed by atoms with Gasteiger partial charge in [0.15, 0.2) is 0 Å². The highest BCUT2D eigenvalue weighted by Crippen LogP contribution is 2.23. The van der Waals surface area contributed by atoms with Gasteiger partial charge in [0.2, 0.25) is 5.91 Å². The molecule has 2 unspecified atom stereocenters. The summed E-state index contributed by atoms with van der Waals surface area (Å²) in [5, 5.41) is 2.78. The summed E-state index contributed by atoms with van der Waals surface area (Å²) in [5.74, 6) is 4.83. The molecule has 0 saturated carbocycles. The van der Waals surface area contributed by atoms with Crippen LogP contribution >= 0.6 is 11.8 Å². The molecule has 0 spiro atoms. The highest BCUT2D eigenvalue weighted by atomic mass is 32.2. The number of hydrogen-bond donors (Lipinski definition) is 1. The van der Waals surface area contributed by atoms with Gasteiger partial charge in [0.1, 0.15) is 0 Å². The monoisotopic (exact) mass is 183 g/mol. The van der Waals surface area contributed by atoms with Gasteiger partial charge in [-0.3, -0.25) is 4.79 Å². The zero-order valence-corrected chi connectivity index (χ0v) is 7.99. The van der Waals surface area contributed by atoms with Gasteiger partial charge in [-0.05, 0) is 19.1 Å². The van der Waals surface area contributed by atoms with E-state index in [9.17, 15) is 4.79 Å². The van der Waals surface area contributed by atoms with Gasteiger partial charge >= 0.3 is 0 Å². The van der Waals surface area contributed by atoms with Gasteiger partial charge in [0.25, 0.3) is 0 Å². The maximum atomic E-state index is 11.4. The molecule has 0 radical (unpaired) electrons. The molecule has 2 atom stereocenters. The van der Waals surface area contributed by atoms with Gasteiger partial charge in [-0.15, -0.1) is 6.42 Å². The van der Waals surface area contributed by atoms with E-state index in [0.29, 0.717) is 0 Å². The van der Waals surface area contributed by atoms with E-state index in [0.717, 1.165) is 17.9 Å². The second-order valence-electron chi connectivity index (χ2n) is 2.96. The molecule has 1 aliphatic heterocycles. The summed E-state index contributed by atoms with van der Waals surface area (Å²) in [6.07, 6.45) is 6.14. The third-order valence-electron chi connectivity index (χ3n) is 1.91. The van der Waals surface area contributed by atoms with Crippen molar-refractivity contribution in [3.63, 3.8) is 0 Å². The molecule has 1 aliphatic rings. The van der Waals surface area contributed by atoms with E-state index in [1.807, 2.05) is 18.7 Å². The zero-order valence-electron chi connectivity index (χ0n) is 7.17. The second-order valence-corrected chi connectivity index (χ2v) is 4.11. The molecule has 0 aromatic heterocycles. The van der Waals surface area contributed by atoms with Gasteiger partial charge in [0.05, 0.1) is 6.04 Å². The molecule has 0 aromatic carbocycles. The molecular formula is C9H13NOS. The van der Waals surface area contributed by atoms with Crippen molar-refractivity contribution in [1.29, 1.82) is 0 Å². The Labute approximate surface area is 77.5 Å². The van der Waals surface area contributed by atoms with Crippen LogP contribution < -0.4 is 5.32 Å². The van der Waals surface area contributed by atoms with Gasteiger partial charge < -0.3 is 5.32 Å². The van der Waals surface area contributed by atoms with E-state index >= 15 is 0 Å². The molecule has 1 saturated heterocycles. The van der Waals surface area contributed by atoms with Crippen molar-refractivity contribution in [3.8, 4) is 12.3 Å². The van der Waals surface area contributed by atoms with Gasteiger partial charge in [-0.2, -0.15) is 11.8 Å². The predicted molar refractivity (Wildman–Crippen MR) is 51.9 cm³/mol. The first-order chi connectivity index (χ1) is 5.74. The average molecular weight is 183 g/mol. The summed E-state index contributed by atoms with van der Waals surface area (Å²) in [5.41, 5.74) is 0. The lowest BCUT2D eigenvalue weighted by Crippen LogP contribution is -2.36. The van der Waals surface area contributed by atoms with Crippen LogP contribution in [0.1, 0.15) is 13.3 Å². The number of thioether (sulfide) groups is 1. The molecule has 0 bridgehead atoms. The Morgan fingerprint density at radius 2 is 2.58 bits per heavy atom. The van der Waals surface area contributed by atoms with E-state index in [1.54, 1.807) is 0 Å². The van der Waals surface area contributed by atoms with Crippen LogP contribution in [0.2, 0.25) is 0 Å². The van der Waals surface area contributed by atoms with E-state index in [1.165, 1.54) is 0 Å². The number of nitrogens with one attached hydrogen (secondary N) is 1. The Kier molecular flexibility index (Phi) is 3.48. The van der Waals surface area contributed by atoms with Gasteiger partial charge in [0, 0.05) is 11.7 Å². The van der Waals surface area contributed by atoms with Crippen molar-refractivity contribution in [1.82, 2.24) is 5.32 Å². The van der Waals surface area contributed by atoms with Crippen LogP contribution in [0.15, 0.2) is 0 Å².